The Labute approximate surface area is 195 Å². The van der Waals surface area contributed by atoms with Gasteiger partial charge < -0.3 is 19.5 Å². The van der Waals surface area contributed by atoms with Crippen LogP contribution in [-0.4, -0.2) is 52.5 Å². The van der Waals surface area contributed by atoms with Crippen molar-refractivity contribution in [2.45, 2.75) is 5.16 Å². The summed E-state index contributed by atoms with van der Waals surface area (Å²) in [6.07, 6.45) is 3.77. The molecule has 0 unspecified atom stereocenters. The zero-order chi connectivity index (χ0) is 23.2. The normalized spacial score (nSPS) is 10.6. The molecule has 0 saturated carbocycles. The molecule has 0 aliphatic heterocycles. The average molecular weight is 466 g/mol. The van der Waals surface area contributed by atoms with Crippen LogP contribution in [0.2, 0.25) is 0 Å². The van der Waals surface area contributed by atoms with Gasteiger partial charge in [-0.3, -0.25) is 9.47 Å². The molecule has 4 rings (SSSR count). The highest BCUT2D eigenvalue weighted by atomic mass is 32.2. The molecule has 33 heavy (non-hydrogen) atoms. The van der Waals surface area contributed by atoms with E-state index in [-0.39, 0.29) is 11.7 Å². The highest BCUT2D eigenvalue weighted by Gasteiger charge is 2.18. The van der Waals surface area contributed by atoms with E-state index >= 15 is 0 Å². The lowest BCUT2D eigenvalue weighted by molar-refractivity contribution is -0.113. The molecule has 170 valence electrons. The third-order valence-electron chi connectivity index (χ3n) is 4.77. The van der Waals surface area contributed by atoms with Crippen molar-refractivity contribution >= 4 is 23.4 Å². The van der Waals surface area contributed by atoms with E-state index in [1.807, 2.05) is 58.1 Å². The Balaban J connectivity index is 1.56. The summed E-state index contributed by atoms with van der Waals surface area (Å²) < 4.78 is 19.6. The van der Waals surface area contributed by atoms with Crippen molar-refractivity contribution < 1.29 is 19.0 Å². The minimum Gasteiger partial charge on any atom is -0.497 e. The molecular formula is C23H23N5O4S. The largest absolute Gasteiger partial charge is 0.497 e. The number of rotatable bonds is 9. The van der Waals surface area contributed by atoms with Gasteiger partial charge in [0.2, 0.25) is 11.1 Å². The molecule has 2 heterocycles. The number of thioether (sulfide) groups is 1. The summed E-state index contributed by atoms with van der Waals surface area (Å²) in [5.41, 5.74) is 1.37. The highest BCUT2D eigenvalue weighted by molar-refractivity contribution is 7.99. The second-order valence-corrected chi connectivity index (χ2v) is 7.76. The zero-order valence-electron chi connectivity index (χ0n) is 18.4. The average Bonchev–Trinajstić information content (AvgIpc) is 3.52. The molecule has 0 radical (unpaired) electrons. The predicted molar refractivity (Wildman–Crippen MR) is 126 cm³/mol. The Morgan fingerprint density at radius 1 is 0.939 bits per heavy atom. The van der Waals surface area contributed by atoms with Crippen LogP contribution in [0, 0.1) is 0 Å². The van der Waals surface area contributed by atoms with Gasteiger partial charge in [-0.25, -0.2) is 4.68 Å². The Morgan fingerprint density at radius 3 is 2.42 bits per heavy atom. The fourth-order valence-electron chi connectivity index (χ4n) is 3.19. The number of methoxy groups -OCH3 is 3. The summed E-state index contributed by atoms with van der Waals surface area (Å²) in [5, 5.41) is 12.1. The van der Waals surface area contributed by atoms with Crippen molar-refractivity contribution in [1.82, 2.24) is 19.5 Å². The summed E-state index contributed by atoms with van der Waals surface area (Å²) in [5.74, 6) is 2.42. The first-order chi connectivity index (χ1) is 16.1. The number of carbonyl (C=O) groups excluding carboxylic acids is 1. The Morgan fingerprint density at radius 2 is 1.70 bits per heavy atom. The van der Waals surface area contributed by atoms with E-state index in [2.05, 4.69) is 15.5 Å². The van der Waals surface area contributed by atoms with E-state index in [1.54, 1.807) is 39.5 Å². The number of benzene rings is 2. The van der Waals surface area contributed by atoms with Crippen LogP contribution in [0.1, 0.15) is 0 Å². The van der Waals surface area contributed by atoms with Gasteiger partial charge in [-0.1, -0.05) is 23.9 Å². The summed E-state index contributed by atoms with van der Waals surface area (Å²) in [7, 11) is 4.73. The summed E-state index contributed by atoms with van der Waals surface area (Å²) in [6, 6.07) is 16.6. The molecule has 2 aromatic carbocycles. The van der Waals surface area contributed by atoms with Crippen LogP contribution in [-0.2, 0) is 4.79 Å². The van der Waals surface area contributed by atoms with Gasteiger partial charge in [-0.2, -0.15) is 0 Å². The van der Waals surface area contributed by atoms with Crippen LogP contribution in [0.25, 0.3) is 11.4 Å². The Kier molecular flexibility index (Phi) is 6.84. The van der Waals surface area contributed by atoms with Gasteiger partial charge in [-0.05, 0) is 36.4 Å². The van der Waals surface area contributed by atoms with E-state index in [1.165, 1.54) is 11.8 Å². The van der Waals surface area contributed by atoms with Crippen LogP contribution in [0.4, 0.5) is 5.69 Å². The van der Waals surface area contributed by atoms with Crippen molar-refractivity contribution in [2.75, 3.05) is 32.4 Å². The number of hydrogen-bond donors (Lipinski definition) is 1. The molecule has 0 bridgehead atoms. The van der Waals surface area contributed by atoms with Gasteiger partial charge in [0.05, 0.1) is 32.8 Å². The van der Waals surface area contributed by atoms with Crippen molar-refractivity contribution in [3.8, 4) is 28.6 Å². The highest BCUT2D eigenvalue weighted by Crippen LogP contribution is 2.30. The molecule has 1 N–H and O–H groups in total. The molecule has 0 aliphatic rings. The standard InChI is InChI=1S/C23H23N5O4S/c1-30-17-8-6-7-16(13-17)22-25-26-23(28(22)27-11-4-5-12-27)33-15-21(29)24-19-14-18(31-2)9-10-20(19)32-3/h4-14H,15H2,1-3H3,(H,24,29). The second kappa shape index (κ2) is 10.1. The fourth-order valence-corrected chi connectivity index (χ4v) is 3.93. The second-order valence-electron chi connectivity index (χ2n) is 6.82. The Hall–Kier alpha value is -3.92. The molecule has 0 aliphatic carbocycles. The first kappa shape index (κ1) is 22.3. The lowest BCUT2D eigenvalue weighted by Crippen LogP contribution is -2.16. The molecule has 0 spiro atoms. The van der Waals surface area contributed by atoms with Crippen LogP contribution in [0.3, 0.4) is 0 Å². The number of aromatic nitrogens is 4. The maximum atomic E-state index is 12.7. The summed E-state index contributed by atoms with van der Waals surface area (Å²) in [6.45, 7) is 0. The molecule has 0 atom stereocenters. The van der Waals surface area contributed by atoms with Crippen molar-refractivity contribution in [3.63, 3.8) is 0 Å². The third kappa shape index (κ3) is 4.96. The molecular weight excluding hydrogens is 442 g/mol. The molecule has 2 aromatic heterocycles. The smallest absolute Gasteiger partial charge is 0.234 e. The molecule has 4 aromatic rings. The minimum absolute atomic E-state index is 0.123. The van der Waals surface area contributed by atoms with Crippen LogP contribution < -0.4 is 19.5 Å². The van der Waals surface area contributed by atoms with Crippen molar-refractivity contribution in [3.05, 3.63) is 67.0 Å². The lowest BCUT2D eigenvalue weighted by atomic mass is 10.2. The van der Waals surface area contributed by atoms with Crippen LogP contribution >= 0.6 is 11.8 Å². The monoisotopic (exact) mass is 465 g/mol. The van der Waals surface area contributed by atoms with Gasteiger partial charge in [-0.15, -0.1) is 10.2 Å². The van der Waals surface area contributed by atoms with Gasteiger partial charge in [0.25, 0.3) is 0 Å². The van der Waals surface area contributed by atoms with Crippen molar-refractivity contribution in [1.29, 1.82) is 0 Å². The molecule has 0 saturated heterocycles. The van der Waals surface area contributed by atoms with Crippen LogP contribution in [0.5, 0.6) is 17.2 Å². The number of nitrogens with zero attached hydrogens (tertiary/aromatic N) is 4. The van der Waals surface area contributed by atoms with E-state index in [0.717, 1.165) is 11.3 Å². The van der Waals surface area contributed by atoms with Gasteiger partial charge >= 0.3 is 0 Å². The molecule has 10 heteroatoms. The minimum atomic E-state index is -0.212. The van der Waals surface area contributed by atoms with E-state index in [0.29, 0.717) is 28.2 Å². The van der Waals surface area contributed by atoms with E-state index < -0.39 is 0 Å². The van der Waals surface area contributed by atoms with Gasteiger partial charge in [0.15, 0.2) is 5.82 Å². The maximum Gasteiger partial charge on any atom is 0.234 e. The fraction of sp³-hybridized carbons (Fsp3) is 0.174. The SMILES string of the molecule is COc1cccc(-c2nnc(SCC(=O)Nc3cc(OC)ccc3OC)n2-n2cccc2)c1. The summed E-state index contributed by atoms with van der Waals surface area (Å²) in [4.78, 5) is 12.7. The lowest BCUT2D eigenvalue weighted by Gasteiger charge is -2.13. The first-order valence-electron chi connectivity index (χ1n) is 10.0. The maximum absolute atomic E-state index is 12.7. The number of nitrogens with one attached hydrogen (secondary N) is 1. The van der Waals surface area contributed by atoms with Crippen molar-refractivity contribution in [2.24, 2.45) is 0 Å². The first-order valence-corrected chi connectivity index (χ1v) is 11.0. The van der Waals surface area contributed by atoms with E-state index in [4.69, 9.17) is 14.2 Å². The molecule has 1 amide bonds. The summed E-state index contributed by atoms with van der Waals surface area (Å²) >= 11 is 1.27. The zero-order valence-corrected chi connectivity index (χ0v) is 19.2. The predicted octanol–water partition coefficient (Wildman–Crippen LogP) is 3.81. The van der Waals surface area contributed by atoms with Crippen LogP contribution in [0.15, 0.2) is 72.1 Å². The molecule has 0 fully saturated rings. The number of hydrogen-bond acceptors (Lipinski definition) is 7. The van der Waals surface area contributed by atoms with E-state index in [9.17, 15) is 4.79 Å². The quantitative estimate of drug-likeness (QED) is 0.376. The number of carbonyl (C=O) groups is 1. The topological polar surface area (TPSA) is 92.4 Å². The number of ether oxygens (including phenoxy) is 3. The third-order valence-corrected chi connectivity index (χ3v) is 5.69. The van der Waals surface area contributed by atoms with Gasteiger partial charge in [0.1, 0.15) is 17.2 Å². The van der Waals surface area contributed by atoms with Gasteiger partial charge in [0, 0.05) is 24.0 Å². The Bertz CT molecular complexity index is 1240. The number of amides is 1. The number of anilines is 1. The molecule has 9 nitrogen and oxygen atoms in total.